The highest BCUT2D eigenvalue weighted by atomic mass is 16.6. The number of ether oxygens (including phenoxy) is 1. The van der Waals surface area contributed by atoms with Crippen LogP contribution in [0, 0.1) is 23.0 Å². The molecule has 9 heteroatoms. The van der Waals surface area contributed by atoms with Crippen molar-refractivity contribution in [2.45, 2.75) is 33.9 Å². The monoisotopic (exact) mass is 520 g/mol. The largest absolute Gasteiger partial charge is 0.383 e. The molecule has 38 heavy (non-hydrogen) atoms. The Kier molecular flexibility index (Phi) is 10.2. The number of carbonyl (C=O) groups excluding carboxylic acids is 2. The molecule has 0 aliphatic carbocycles. The van der Waals surface area contributed by atoms with Crippen molar-refractivity contribution in [1.29, 1.82) is 0 Å². The third kappa shape index (κ3) is 7.76. The quantitative estimate of drug-likeness (QED) is 0.244. The number of methoxy groups -OCH3 is 1. The number of nitro benzene ring substituents is 1. The van der Waals surface area contributed by atoms with Gasteiger partial charge >= 0.3 is 0 Å². The Balaban J connectivity index is 1.81. The maximum absolute atomic E-state index is 13.6. The van der Waals surface area contributed by atoms with Crippen molar-refractivity contribution in [3.63, 3.8) is 0 Å². The molecule has 9 nitrogen and oxygen atoms in total. The van der Waals surface area contributed by atoms with Crippen molar-refractivity contribution in [3.8, 4) is 0 Å². The first-order chi connectivity index (χ1) is 18.2. The van der Waals surface area contributed by atoms with Crippen molar-refractivity contribution < 1.29 is 19.2 Å². The second-order valence-electron chi connectivity index (χ2n) is 9.76. The Hall–Kier alpha value is -3.98. The molecule has 0 radical (unpaired) electrons. The van der Waals surface area contributed by atoms with E-state index in [9.17, 15) is 19.7 Å². The maximum atomic E-state index is 13.6. The second kappa shape index (κ2) is 13.5. The van der Waals surface area contributed by atoms with Gasteiger partial charge in [0.2, 0.25) is 5.91 Å². The lowest BCUT2D eigenvalue weighted by atomic mass is 10.1. The lowest BCUT2D eigenvalue weighted by Gasteiger charge is -2.29. The number of hydrogen-bond acceptors (Lipinski definition) is 5. The summed E-state index contributed by atoms with van der Waals surface area (Å²) in [5, 5.41) is 11.4. The third-order valence-electron chi connectivity index (χ3n) is 6.24. The summed E-state index contributed by atoms with van der Waals surface area (Å²) in [6.07, 6.45) is 1.99. The summed E-state index contributed by atoms with van der Waals surface area (Å²) in [7, 11) is 1.58. The zero-order valence-electron chi connectivity index (χ0n) is 22.5. The van der Waals surface area contributed by atoms with Crippen LogP contribution in [-0.4, -0.2) is 64.5 Å². The fourth-order valence-electron chi connectivity index (χ4n) is 4.26. The summed E-state index contributed by atoms with van der Waals surface area (Å²) in [6, 6.07) is 18.4. The fraction of sp³-hybridized carbons (Fsp3) is 0.379. The average Bonchev–Trinajstić information content (AvgIpc) is 3.32. The number of aryl methyl sites for hydroxylation is 1. The Bertz CT molecular complexity index is 1240. The predicted octanol–water partition coefficient (Wildman–Crippen LogP) is 4.53. The van der Waals surface area contributed by atoms with Crippen LogP contribution in [-0.2, 0) is 22.6 Å². The van der Waals surface area contributed by atoms with Gasteiger partial charge in [-0.25, -0.2) is 0 Å². The highest BCUT2D eigenvalue weighted by Crippen LogP contribution is 2.21. The van der Waals surface area contributed by atoms with Crippen LogP contribution in [0.1, 0.15) is 41.0 Å². The van der Waals surface area contributed by atoms with Crippen LogP contribution >= 0.6 is 0 Å². The van der Waals surface area contributed by atoms with Crippen molar-refractivity contribution >= 4 is 17.5 Å². The van der Waals surface area contributed by atoms with Crippen molar-refractivity contribution in [3.05, 3.63) is 99.4 Å². The number of nitro groups is 1. The topological polar surface area (TPSA) is 97.9 Å². The van der Waals surface area contributed by atoms with Gasteiger partial charge in [-0.3, -0.25) is 19.7 Å². The van der Waals surface area contributed by atoms with Gasteiger partial charge in [-0.05, 0) is 36.6 Å². The number of carbonyl (C=O) groups is 2. The molecule has 0 atom stereocenters. The zero-order valence-corrected chi connectivity index (χ0v) is 22.5. The van der Waals surface area contributed by atoms with Gasteiger partial charge < -0.3 is 19.1 Å². The molecule has 3 rings (SSSR count). The molecular formula is C29H36N4O5. The molecular weight excluding hydrogens is 484 g/mol. The molecule has 2 aromatic carbocycles. The summed E-state index contributed by atoms with van der Waals surface area (Å²) in [5.74, 6) is -0.526. The predicted molar refractivity (Wildman–Crippen MR) is 146 cm³/mol. The highest BCUT2D eigenvalue weighted by molar-refractivity contribution is 5.97. The lowest BCUT2D eigenvalue weighted by Crippen LogP contribution is -2.45. The van der Waals surface area contributed by atoms with E-state index in [4.69, 9.17) is 4.74 Å². The van der Waals surface area contributed by atoms with Crippen molar-refractivity contribution in [1.82, 2.24) is 14.4 Å². The maximum Gasteiger partial charge on any atom is 0.273 e. The Labute approximate surface area is 223 Å². The standard InChI is InChI=1S/C29H36N4O5/c1-22(2)18-32(29(35)25-13-12-23(3)27(17-25)33(36)37)21-28(34)31(15-16-38-4)20-26-11-8-14-30(26)19-24-9-6-5-7-10-24/h5-14,17,22H,15-16,18-21H2,1-4H3. The normalized spacial score (nSPS) is 11.0. The smallest absolute Gasteiger partial charge is 0.273 e. The molecule has 0 spiro atoms. The van der Waals surface area contributed by atoms with Gasteiger partial charge in [0.05, 0.1) is 18.1 Å². The minimum absolute atomic E-state index is 0.0997. The second-order valence-corrected chi connectivity index (χ2v) is 9.76. The van der Waals surface area contributed by atoms with E-state index in [0.717, 1.165) is 11.3 Å². The number of nitrogens with zero attached hydrogens (tertiary/aromatic N) is 4. The Morgan fingerprint density at radius 1 is 1.05 bits per heavy atom. The first-order valence-corrected chi connectivity index (χ1v) is 12.7. The SMILES string of the molecule is COCCN(Cc1cccn1Cc1ccccc1)C(=O)CN(CC(C)C)C(=O)c1ccc(C)c([N+](=O)[O-])c1. The van der Waals surface area contributed by atoms with E-state index in [0.29, 0.717) is 38.3 Å². The molecule has 0 saturated carbocycles. The molecule has 3 aromatic rings. The van der Waals surface area contributed by atoms with Crippen LogP contribution in [0.15, 0.2) is 66.9 Å². The van der Waals surface area contributed by atoms with Crippen LogP contribution in [0.3, 0.4) is 0 Å². The summed E-state index contributed by atoms with van der Waals surface area (Å²) in [5.41, 5.74) is 2.67. The minimum Gasteiger partial charge on any atom is -0.383 e. The first-order valence-electron chi connectivity index (χ1n) is 12.7. The van der Waals surface area contributed by atoms with Gasteiger partial charge in [-0.1, -0.05) is 50.2 Å². The molecule has 0 bridgehead atoms. The molecule has 2 amide bonds. The van der Waals surface area contributed by atoms with Crippen LogP contribution in [0.25, 0.3) is 0 Å². The highest BCUT2D eigenvalue weighted by Gasteiger charge is 2.25. The molecule has 0 saturated heterocycles. The van der Waals surface area contributed by atoms with Crippen molar-refractivity contribution in [2.75, 3.05) is 33.4 Å². The molecule has 202 valence electrons. The molecule has 0 unspecified atom stereocenters. The first kappa shape index (κ1) is 28.6. The van der Waals surface area contributed by atoms with E-state index < -0.39 is 10.8 Å². The third-order valence-corrected chi connectivity index (χ3v) is 6.24. The van der Waals surface area contributed by atoms with Crippen LogP contribution in [0.5, 0.6) is 0 Å². The summed E-state index contributed by atoms with van der Waals surface area (Å²) in [6.45, 7) is 7.52. The number of benzene rings is 2. The number of rotatable bonds is 13. The summed E-state index contributed by atoms with van der Waals surface area (Å²) >= 11 is 0. The van der Waals surface area contributed by atoms with Gasteiger partial charge in [0, 0.05) is 55.8 Å². The molecule has 1 heterocycles. The van der Waals surface area contributed by atoms with Gasteiger partial charge in [0.25, 0.3) is 11.6 Å². The number of amides is 2. The molecule has 0 fully saturated rings. The van der Waals surface area contributed by atoms with Gasteiger partial charge in [-0.15, -0.1) is 0 Å². The number of hydrogen-bond donors (Lipinski definition) is 0. The van der Waals surface area contributed by atoms with Gasteiger partial charge in [0.15, 0.2) is 0 Å². The van der Waals surface area contributed by atoms with Crippen LogP contribution in [0.4, 0.5) is 5.69 Å². The van der Waals surface area contributed by atoms with Crippen molar-refractivity contribution in [2.24, 2.45) is 5.92 Å². The van der Waals surface area contributed by atoms with E-state index in [1.165, 1.54) is 11.0 Å². The number of aromatic nitrogens is 1. The van der Waals surface area contributed by atoms with Gasteiger partial charge in [0.1, 0.15) is 6.54 Å². The summed E-state index contributed by atoms with van der Waals surface area (Å²) in [4.78, 5) is 41.1. The molecule has 0 aliphatic rings. The molecule has 1 aromatic heterocycles. The Morgan fingerprint density at radius 3 is 2.45 bits per heavy atom. The van der Waals surface area contributed by atoms with E-state index in [1.807, 2.05) is 50.4 Å². The Morgan fingerprint density at radius 2 is 1.79 bits per heavy atom. The molecule has 0 N–H and O–H groups in total. The van der Waals surface area contributed by atoms with E-state index in [1.54, 1.807) is 31.1 Å². The lowest BCUT2D eigenvalue weighted by molar-refractivity contribution is -0.385. The van der Waals surface area contributed by atoms with Crippen LogP contribution in [0.2, 0.25) is 0 Å². The fourth-order valence-corrected chi connectivity index (χ4v) is 4.26. The zero-order chi connectivity index (χ0) is 27.7. The van der Waals surface area contributed by atoms with E-state index in [2.05, 4.69) is 16.7 Å². The van der Waals surface area contributed by atoms with Gasteiger partial charge in [-0.2, -0.15) is 0 Å². The van der Waals surface area contributed by atoms with E-state index in [-0.39, 0.29) is 29.6 Å². The average molecular weight is 521 g/mol. The minimum atomic E-state index is -0.499. The van der Waals surface area contributed by atoms with Crippen LogP contribution < -0.4 is 0 Å². The summed E-state index contributed by atoms with van der Waals surface area (Å²) < 4.78 is 7.36. The van der Waals surface area contributed by atoms with E-state index >= 15 is 0 Å². The molecule has 0 aliphatic heterocycles.